The SMILES string of the molecule is Cc1c(CC(C)C(=O)O)c2c(N3CCOCC3)ccc([N+](=O)[O-])c2n1C. The third kappa shape index (κ3) is 3.01. The van der Waals surface area contributed by atoms with Crippen LogP contribution in [-0.4, -0.2) is 46.9 Å². The molecular weight excluding hydrogens is 338 g/mol. The molecule has 1 aliphatic rings. The van der Waals surface area contributed by atoms with E-state index in [4.69, 9.17) is 4.74 Å². The van der Waals surface area contributed by atoms with Crippen LogP contribution in [0.1, 0.15) is 18.2 Å². The van der Waals surface area contributed by atoms with Crippen LogP contribution in [-0.2, 0) is 23.0 Å². The Morgan fingerprint density at radius 1 is 1.38 bits per heavy atom. The average Bonchev–Trinajstić information content (AvgIpc) is 2.87. The van der Waals surface area contributed by atoms with Gasteiger partial charge in [-0.3, -0.25) is 14.9 Å². The van der Waals surface area contributed by atoms with Crippen molar-refractivity contribution in [2.45, 2.75) is 20.3 Å². The molecule has 0 radical (unpaired) electrons. The number of nitro groups is 1. The summed E-state index contributed by atoms with van der Waals surface area (Å²) in [6, 6.07) is 3.32. The molecule has 1 aromatic carbocycles. The number of hydrogen-bond acceptors (Lipinski definition) is 5. The Morgan fingerprint density at radius 2 is 2.04 bits per heavy atom. The zero-order valence-corrected chi connectivity index (χ0v) is 15.2. The smallest absolute Gasteiger partial charge is 0.306 e. The second kappa shape index (κ2) is 6.95. The first kappa shape index (κ1) is 18.2. The van der Waals surface area contributed by atoms with Crippen LogP contribution in [0.2, 0.25) is 0 Å². The number of non-ortho nitro benzene ring substituents is 1. The van der Waals surface area contributed by atoms with Crippen molar-refractivity contribution in [1.29, 1.82) is 0 Å². The highest BCUT2D eigenvalue weighted by molar-refractivity contribution is 6.02. The van der Waals surface area contributed by atoms with Crippen LogP contribution in [0.15, 0.2) is 12.1 Å². The molecule has 0 aliphatic carbocycles. The topological polar surface area (TPSA) is 97.8 Å². The number of benzene rings is 1. The number of anilines is 1. The summed E-state index contributed by atoms with van der Waals surface area (Å²) in [7, 11) is 1.79. The molecule has 1 fully saturated rings. The molecule has 1 saturated heterocycles. The highest BCUT2D eigenvalue weighted by atomic mass is 16.6. The zero-order valence-electron chi connectivity index (χ0n) is 15.2. The van der Waals surface area contributed by atoms with Crippen molar-refractivity contribution in [2.75, 3.05) is 31.2 Å². The molecule has 1 atom stereocenters. The van der Waals surface area contributed by atoms with E-state index in [1.807, 2.05) is 6.92 Å². The van der Waals surface area contributed by atoms with E-state index >= 15 is 0 Å². The van der Waals surface area contributed by atoms with Crippen LogP contribution in [0.3, 0.4) is 0 Å². The Hall–Kier alpha value is -2.61. The number of nitro benzene ring substituents is 1. The zero-order chi connectivity index (χ0) is 19.0. The minimum absolute atomic E-state index is 0.0387. The van der Waals surface area contributed by atoms with E-state index in [2.05, 4.69) is 4.90 Å². The first-order valence-corrected chi connectivity index (χ1v) is 8.63. The summed E-state index contributed by atoms with van der Waals surface area (Å²) in [6.07, 6.45) is 0.330. The van der Waals surface area contributed by atoms with Crippen molar-refractivity contribution in [3.05, 3.63) is 33.5 Å². The average molecular weight is 361 g/mol. The lowest BCUT2D eigenvalue weighted by molar-refractivity contribution is -0.383. The van der Waals surface area contributed by atoms with Gasteiger partial charge in [0.05, 0.1) is 24.1 Å². The Labute approximate surface area is 151 Å². The lowest BCUT2D eigenvalue weighted by Gasteiger charge is -2.29. The summed E-state index contributed by atoms with van der Waals surface area (Å²) in [6.45, 7) is 6.16. The summed E-state index contributed by atoms with van der Waals surface area (Å²) < 4.78 is 7.22. The van der Waals surface area contributed by atoms with E-state index in [1.54, 1.807) is 24.6 Å². The van der Waals surface area contributed by atoms with Crippen molar-refractivity contribution < 1.29 is 19.6 Å². The van der Waals surface area contributed by atoms with Gasteiger partial charge in [-0.2, -0.15) is 0 Å². The van der Waals surface area contributed by atoms with Crippen molar-refractivity contribution in [2.24, 2.45) is 13.0 Å². The fraction of sp³-hybridized carbons (Fsp3) is 0.500. The largest absolute Gasteiger partial charge is 0.481 e. The highest BCUT2D eigenvalue weighted by Gasteiger charge is 2.28. The second-order valence-corrected chi connectivity index (χ2v) is 6.75. The van der Waals surface area contributed by atoms with Gasteiger partial charge in [-0.1, -0.05) is 6.92 Å². The highest BCUT2D eigenvalue weighted by Crippen LogP contribution is 2.40. The van der Waals surface area contributed by atoms with Crippen molar-refractivity contribution in [3.63, 3.8) is 0 Å². The molecule has 8 nitrogen and oxygen atoms in total. The Balaban J connectivity index is 2.27. The predicted octanol–water partition coefficient (Wildman–Crippen LogP) is 2.49. The number of rotatable bonds is 5. The summed E-state index contributed by atoms with van der Waals surface area (Å²) in [4.78, 5) is 24.7. The second-order valence-electron chi connectivity index (χ2n) is 6.75. The molecule has 1 aromatic heterocycles. The lowest BCUT2D eigenvalue weighted by Crippen LogP contribution is -2.36. The predicted molar refractivity (Wildman–Crippen MR) is 97.8 cm³/mol. The van der Waals surface area contributed by atoms with Crippen LogP contribution in [0.4, 0.5) is 11.4 Å². The first-order valence-electron chi connectivity index (χ1n) is 8.63. The maximum absolute atomic E-state index is 11.6. The van der Waals surface area contributed by atoms with Crippen LogP contribution in [0.5, 0.6) is 0 Å². The van der Waals surface area contributed by atoms with Crippen molar-refractivity contribution in [3.8, 4) is 0 Å². The molecule has 0 amide bonds. The van der Waals surface area contributed by atoms with E-state index in [0.29, 0.717) is 38.2 Å². The van der Waals surface area contributed by atoms with E-state index in [9.17, 15) is 20.0 Å². The van der Waals surface area contributed by atoms with Crippen LogP contribution in [0, 0.1) is 23.0 Å². The van der Waals surface area contributed by atoms with Gasteiger partial charge in [0.1, 0.15) is 5.52 Å². The van der Waals surface area contributed by atoms with Crippen LogP contribution >= 0.6 is 0 Å². The number of morpholine rings is 1. The third-order valence-electron chi connectivity index (χ3n) is 5.19. The van der Waals surface area contributed by atoms with Gasteiger partial charge in [0.2, 0.25) is 0 Å². The number of carbonyl (C=O) groups is 1. The minimum atomic E-state index is -0.875. The fourth-order valence-corrected chi connectivity index (χ4v) is 3.62. The number of aromatic nitrogens is 1. The number of ether oxygens (including phenoxy) is 1. The third-order valence-corrected chi connectivity index (χ3v) is 5.19. The normalized spacial score (nSPS) is 16.0. The Morgan fingerprint density at radius 3 is 2.62 bits per heavy atom. The number of aliphatic carboxylic acids is 1. The van der Waals surface area contributed by atoms with Crippen LogP contribution in [0.25, 0.3) is 10.9 Å². The van der Waals surface area contributed by atoms with Gasteiger partial charge in [-0.25, -0.2) is 0 Å². The number of aryl methyl sites for hydroxylation is 1. The summed E-state index contributed by atoms with van der Waals surface area (Å²) in [5.41, 5.74) is 3.21. The maximum atomic E-state index is 11.6. The van der Waals surface area contributed by atoms with Crippen molar-refractivity contribution in [1.82, 2.24) is 4.57 Å². The molecule has 8 heteroatoms. The van der Waals surface area contributed by atoms with Gasteiger partial charge in [0, 0.05) is 43.0 Å². The lowest BCUT2D eigenvalue weighted by atomic mass is 9.97. The number of carboxylic acid groups (broad SMARTS) is 1. The molecule has 2 heterocycles. The van der Waals surface area contributed by atoms with E-state index in [1.165, 1.54) is 6.07 Å². The molecule has 1 unspecified atom stereocenters. The number of nitrogens with zero attached hydrogens (tertiary/aromatic N) is 3. The standard InChI is InChI=1S/C18H23N3O5/c1-11(18(22)23)10-13-12(2)19(3)17-15(21(24)25)5-4-14(16(13)17)20-6-8-26-9-7-20/h4-5,11H,6-10H2,1-3H3,(H,22,23). The number of hydrogen-bond donors (Lipinski definition) is 1. The Kier molecular flexibility index (Phi) is 4.86. The maximum Gasteiger partial charge on any atom is 0.306 e. The molecule has 2 aromatic rings. The fourth-order valence-electron chi connectivity index (χ4n) is 3.62. The molecular formula is C18H23N3O5. The molecule has 1 N–H and O–H groups in total. The molecule has 0 saturated carbocycles. The van der Waals surface area contributed by atoms with Gasteiger partial charge in [-0.05, 0) is 25.0 Å². The minimum Gasteiger partial charge on any atom is -0.481 e. The van der Waals surface area contributed by atoms with E-state index in [-0.39, 0.29) is 10.6 Å². The van der Waals surface area contributed by atoms with E-state index < -0.39 is 11.9 Å². The van der Waals surface area contributed by atoms with Crippen molar-refractivity contribution >= 4 is 28.2 Å². The number of carboxylic acids is 1. The molecule has 140 valence electrons. The molecule has 3 rings (SSSR count). The molecule has 1 aliphatic heterocycles. The van der Waals surface area contributed by atoms with E-state index in [0.717, 1.165) is 22.3 Å². The van der Waals surface area contributed by atoms with Crippen LogP contribution < -0.4 is 4.90 Å². The quantitative estimate of drug-likeness (QED) is 0.649. The summed E-state index contributed by atoms with van der Waals surface area (Å²) in [5, 5.41) is 21.7. The van der Waals surface area contributed by atoms with Gasteiger partial charge < -0.3 is 19.3 Å². The summed E-state index contributed by atoms with van der Waals surface area (Å²) in [5.74, 6) is -1.45. The monoisotopic (exact) mass is 361 g/mol. The van der Waals surface area contributed by atoms with Gasteiger partial charge in [0.15, 0.2) is 0 Å². The summed E-state index contributed by atoms with van der Waals surface area (Å²) >= 11 is 0. The van der Waals surface area contributed by atoms with Gasteiger partial charge in [-0.15, -0.1) is 0 Å². The Bertz CT molecular complexity index is 868. The molecule has 0 spiro atoms. The van der Waals surface area contributed by atoms with Gasteiger partial charge in [0.25, 0.3) is 5.69 Å². The number of fused-ring (bicyclic) bond motifs is 1. The molecule has 0 bridgehead atoms. The molecule has 26 heavy (non-hydrogen) atoms. The first-order chi connectivity index (χ1) is 12.3. The van der Waals surface area contributed by atoms with Gasteiger partial charge >= 0.3 is 5.97 Å².